The number of rotatable bonds is 4. The van der Waals surface area contributed by atoms with Gasteiger partial charge in [0.2, 0.25) is 0 Å². The lowest BCUT2D eigenvalue weighted by molar-refractivity contribution is -0.137. The van der Waals surface area contributed by atoms with Crippen molar-refractivity contribution in [2.75, 3.05) is 6.61 Å². The number of furan rings is 1. The van der Waals surface area contributed by atoms with Crippen molar-refractivity contribution in [2.24, 2.45) is 0 Å². The molecule has 0 saturated carbocycles. The number of halogens is 1. The normalized spacial score (nSPS) is 11.0. The van der Waals surface area contributed by atoms with Gasteiger partial charge in [-0.25, -0.2) is 4.79 Å². The van der Waals surface area contributed by atoms with Gasteiger partial charge < -0.3 is 9.15 Å². The second kappa shape index (κ2) is 7.09. The first kappa shape index (κ1) is 15.3. The van der Waals surface area contributed by atoms with Crippen molar-refractivity contribution in [3.63, 3.8) is 0 Å². The molecular formula is C16H12INO3. The van der Waals surface area contributed by atoms with Gasteiger partial charge in [0.1, 0.15) is 23.2 Å². The molecule has 0 fully saturated rings. The van der Waals surface area contributed by atoms with Gasteiger partial charge in [-0.15, -0.1) is 0 Å². The largest absolute Gasteiger partial charge is 0.462 e. The minimum atomic E-state index is -0.646. The molecule has 0 amide bonds. The Morgan fingerprint density at radius 2 is 2.05 bits per heavy atom. The van der Waals surface area contributed by atoms with Gasteiger partial charge in [0.25, 0.3) is 0 Å². The molecule has 0 radical (unpaired) electrons. The highest BCUT2D eigenvalue weighted by molar-refractivity contribution is 14.1. The Bertz CT molecular complexity index is 708. The fraction of sp³-hybridized carbons (Fsp3) is 0.125. The lowest BCUT2D eigenvalue weighted by Crippen LogP contribution is -2.05. The van der Waals surface area contributed by atoms with Crippen LogP contribution in [-0.2, 0) is 9.53 Å². The van der Waals surface area contributed by atoms with Gasteiger partial charge in [-0.05, 0) is 53.8 Å². The van der Waals surface area contributed by atoms with E-state index in [2.05, 4.69) is 22.6 Å². The first-order chi connectivity index (χ1) is 10.1. The molecule has 0 atom stereocenters. The van der Waals surface area contributed by atoms with Crippen molar-refractivity contribution in [1.29, 1.82) is 5.26 Å². The number of ether oxygens (including phenoxy) is 1. The zero-order chi connectivity index (χ0) is 15.2. The number of carbonyl (C=O) groups is 1. The molecule has 5 heteroatoms. The molecule has 0 aliphatic carbocycles. The van der Waals surface area contributed by atoms with Gasteiger partial charge in [-0.2, -0.15) is 5.26 Å². The summed E-state index contributed by atoms with van der Waals surface area (Å²) in [6, 6.07) is 13.2. The third-order valence-corrected chi connectivity index (χ3v) is 3.38. The summed E-state index contributed by atoms with van der Waals surface area (Å²) in [6.07, 6.45) is 1.38. The number of carbonyl (C=O) groups excluding carboxylic acids is 1. The van der Waals surface area contributed by atoms with E-state index in [1.807, 2.05) is 30.3 Å². The van der Waals surface area contributed by atoms with Crippen LogP contribution in [-0.4, -0.2) is 12.6 Å². The summed E-state index contributed by atoms with van der Waals surface area (Å²) in [5.41, 5.74) is 0.852. The zero-order valence-electron chi connectivity index (χ0n) is 11.3. The summed E-state index contributed by atoms with van der Waals surface area (Å²) < 4.78 is 11.6. The second-order valence-corrected chi connectivity index (χ2v) is 5.34. The van der Waals surface area contributed by atoms with Crippen molar-refractivity contribution in [3.05, 3.63) is 51.3 Å². The fourth-order valence-corrected chi connectivity index (χ4v) is 2.05. The van der Waals surface area contributed by atoms with Crippen molar-refractivity contribution in [1.82, 2.24) is 0 Å². The molecular weight excluding hydrogens is 381 g/mol. The maximum Gasteiger partial charge on any atom is 0.349 e. The van der Waals surface area contributed by atoms with Gasteiger partial charge in [0, 0.05) is 15.2 Å². The van der Waals surface area contributed by atoms with Crippen molar-refractivity contribution >= 4 is 34.6 Å². The third kappa shape index (κ3) is 3.95. The average Bonchev–Trinajstić information content (AvgIpc) is 2.94. The number of hydrogen-bond donors (Lipinski definition) is 0. The molecule has 0 spiro atoms. The molecule has 2 aromatic rings. The summed E-state index contributed by atoms with van der Waals surface area (Å²) in [5.74, 6) is 0.471. The maximum atomic E-state index is 11.5. The Morgan fingerprint density at radius 1 is 1.33 bits per heavy atom. The van der Waals surface area contributed by atoms with Crippen LogP contribution < -0.4 is 0 Å². The number of nitriles is 1. The maximum absolute atomic E-state index is 11.5. The SMILES string of the molecule is CCOC(=O)/C(C#N)=C\c1ccc(-c2ccc(I)cc2)o1. The standard InChI is InChI=1S/C16H12INO3/c1-2-20-16(19)12(10-18)9-14-7-8-15(21-14)11-3-5-13(17)6-4-11/h3-9H,2H2,1H3/b12-9-. The molecule has 0 aliphatic heterocycles. The number of nitrogens with zero attached hydrogens (tertiary/aromatic N) is 1. The van der Waals surface area contributed by atoms with E-state index in [1.54, 1.807) is 19.1 Å². The van der Waals surface area contributed by atoms with Crippen LogP contribution >= 0.6 is 22.6 Å². The molecule has 2 rings (SSSR count). The van der Waals surface area contributed by atoms with E-state index < -0.39 is 5.97 Å². The molecule has 21 heavy (non-hydrogen) atoms. The number of hydrogen-bond acceptors (Lipinski definition) is 4. The minimum Gasteiger partial charge on any atom is -0.462 e. The first-order valence-corrected chi connectivity index (χ1v) is 7.36. The van der Waals surface area contributed by atoms with Gasteiger partial charge in [-0.3, -0.25) is 0 Å². The summed E-state index contributed by atoms with van der Waals surface area (Å²) in [7, 11) is 0. The minimum absolute atomic E-state index is 0.0830. The van der Waals surface area contributed by atoms with Crippen LogP contribution in [0, 0.1) is 14.9 Å². The molecule has 4 nitrogen and oxygen atoms in total. The predicted molar refractivity (Wildman–Crippen MR) is 87.1 cm³/mol. The third-order valence-electron chi connectivity index (χ3n) is 2.66. The smallest absolute Gasteiger partial charge is 0.349 e. The molecule has 106 valence electrons. The van der Waals surface area contributed by atoms with Gasteiger partial charge in [-0.1, -0.05) is 12.1 Å². The highest BCUT2D eigenvalue weighted by atomic mass is 127. The van der Waals surface area contributed by atoms with Gasteiger partial charge in [0.05, 0.1) is 6.61 Å². The number of esters is 1. The Hall–Kier alpha value is -2.07. The van der Waals surface area contributed by atoms with Crippen LogP contribution in [0.3, 0.4) is 0 Å². The van der Waals surface area contributed by atoms with E-state index >= 15 is 0 Å². The van der Waals surface area contributed by atoms with E-state index in [-0.39, 0.29) is 12.2 Å². The molecule has 1 aromatic carbocycles. The van der Waals surface area contributed by atoms with E-state index in [4.69, 9.17) is 14.4 Å². The Morgan fingerprint density at radius 3 is 2.67 bits per heavy atom. The molecule has 0 saturated heterocycles. The van der Waals surface area contributed by atoms with E-state index in [0.717, 1.165) is 9.13 Å². The first-order valence-electron chi connectivity index (χ1n) is 6.28. The monoisotopic (exact) mass is 393 g/mol. The predicted octanol–water partition coefficient (Wildman–Crippen LogP) is 4.02. The molecule has 1 heterocycles. The number of benzene rings is 1. The van der Waals surface area contributed by atoms with Gasteiger partial charge in [0.15, 0.2) is 0 Å². The van der Waals surface area contributed by atoms with E-state index in [1.165, 1.54) is 6.08 Å². The molecule has 1 aromatic heterocycles. The molecule has 0 N–H and O–H groups in total. The van der Waals surface area contributed by atoms with Crippen LogP contribution in [0.25, 0.3) is 17.4 Å². The summed E-state index contributed by atoms with van der Waals surface area (Å²) in [5, 5.41) is 8.98. The Kier molecular flexibility index (Phi) is 5.17. The van der Waals surface area contributed by atoms with Crippen LogP contribution in [0.4, 0.5) is 0 Å². The van der Waals surface area contributed by atoms with Crippen molar-refractivity contribution in [2.45, 2.75) is 6.92 Å². The Balaban J connectivity index is 2.25. The van der Waals surface area contributed by atoms with E-state index in [9.17, 15) is 4.79 Å². The highest BCUT2D eigenvalue weighted by Crippen LogP contribution is 2.24. The van der Waals surface area contributed by atoms with Crippen LogP contribution in [0.15, 0.2) is 46.4 Å². The average molecular weight is 393 g/mol. The summed E-state index contributed by atoms with van der Waals surface area (Å²) >= 11 is 2.23. The summed E-state index contributed by atoms with van der Waals surface area (Å²) in [4.78, 5) is 11.5. The second-order valence-electron chi connectivity index (χ2n) is 4.10. The molecule has 0 unspecified atom stereocenters. The quantitative estimate of drug-likeness (QED) is 0.341. The highest BCUT2D eigenvalue weighted by Gasteiger charge is 2.11. The fourth-order valence-electron chi connectivity index (χ4n) is 1.69. The lowest BCUT2D eigenvalue weighted by atomic mass is 10.2. The van der Waals surface area contributed by atoms with Gasteiger partial charge >= 0.3 is 5.97 Å². The Labute approximate surface area is 136 Å². The van der Waals surface area contributed by atoms with Crippen LogP contribution in [0.5, 0.6) is 0 Å². The van der Waals surface area contributed by atoms with Crippen LogP contribution in [0.1, 0.15) is 12.7 Å². The molecule has 0 aliphatic rings. The topological polar surface area (TPSA) is 63.2 Å². The lowest BCUT2D eigenvalue weighted by Gasteiger charge is -1.98. The van der Waals surface area contributed by atoms with Crippen molar-refractivity contribution < 1.29 is 13.9 Å². The molecule has 0 bridgehead atoms. The summed E-state index contributed by atoms with van der Waals surface area (Å²) in [6.45, 7) is 1.92. The van der Waals surface area contributed by atoms with E-state index in [0.29, 0.717) is 11.5 Å². The van der Waals surface area contributed by atoms with Crippen LogP contribution in [0.2, 0.25) is 0 Å². The van der Waals surface area contributed by atoms with Crippen molar-refractivity contribution in [3.8, 4) is 17.4 Å². The zero-order valence-corrected chi connectivity index (χ0v) is 13.5.